The second-order valence-electron chi connectivity index (χ2n) is 8.35. The fraction of sp³-hybridized carbons (Fsp3) is 0.435. The summed E-state index contributed by atoms with van der Waals surface area (Å²) in [6.45, 7) is 4.97. The van der Waals surface area contributed by atoms with Crippen LogP contribution in [-0.2, 0) is 6.54 Å². The summed E-state index contributed by atoms with van der Waals surface area (Å²) in [6.07, 6.45) is 4.30. The molecule has 1 aromatic carbocycles. The maximum absolute atomic E-state index is 4.94. The molecule has 29 heavy (non-hydrogen) atoms. The van der Waals surface area contributed by atoms with Crippen molar-refractivity contribution in [3.8, 4) is 0 Å². The molecule has 0 N–H and O–H groups in total. The number of benzene rings is 1. The van der Waals surface area contributed by atoms with Crippen molar-refractivity contribution in [1.82, 2.24) is 19.9 Å². The minimum Gasteiger partial charge on any atom is -0.367 e. The summed E-state index contributed by atoms with van der Waals surface area (Å²) in [5.41, 5.74) is 3.26. The maximum Gasteiger partial charge on any atom is 0.134 e. The highest BCUT2D eigenvalue weighted by Crippen LogP contribution is 2.39. The largest absolute Gasteiger partial charge is 0.367 e. The molecule has 3 heterocycles. The number of anilines is 2. The van der Waals surface area contributed by atoms with Crippen LogP contribution in [0.25, 0.3) is 10.9 Å². The molecule has 0 amide bonds. The summed E-state index contributed by atoms with van der Waals surface area (Å²) in [6, 6.07) is 12.6. The smallest absolute Gasteiger partial charge is 0.134 e. The molecule has 2 fully saturated rings. The maximum atomic E-state index is 4.94. The SMILES string of the molecule is CN1CCN(c2cc(CN(C)c3cccc4cccnc34)nc(C3CC3)n2)CC1. The van der Waals surface area contributed by atoms with Crippen molar-refractivity contribution in [2.75, 3.05) is 50.1 Å². The number of nitrogens with zero attached hydrogens (tertiary/aromatic N) is 6. The van der Waals surface area contributed by atoms with Gasteiger partial charge < -0.3 is 14.7 Å². The van der Waals surface area contributed by atoms with E-state index in [-0.39, 0.29) is 0 Å². The summed E-state index contributed by atoms with van der Waals surface area (Å²) >= 11 is 0. The van der Waals surface area contributed by atoms with Crippen LogP contribution in [0.3, 0.4) is 0 Å². The molecule has 0 radical (unpaired) electrons. The quantitative estimate of drug-likeness (QED) is 0.668. The molecule has 1 aliphatic heterocycles. The number of fused-ring (bicyclic) bond motifs is 1. The van der Waals surface area contributed by atoms with Crippen LogP contribution in [0.1, 0.15) is 30.3 Å². The van der Waals surface area contributed by atoms with Crippen molar-refractivity contribution in [3.63, 3.8) is 0 Å². The van der Waals surface area contributed by atoms with Crippen LogP contribution in [-0.4, -0.2) is 60.1 Å². The molecule has 6 heteroatoms. The van der Waals surface area contributed by atoms with E-state index < -0.39 is 0 Å². The predicted molar refractivity (Wildman–Crippen MR) is 118 cm³/mol. The van der Waals surface area contributed by atoms with Crippen LogP contribution < -0.4 is 9.80 Å². The van der Waals surface area contributed by atoms with Gasteiger partial charge in [-0.25, -0.2) is 9.97 Å². The van der Waals surface area contributed by atoms with Crippen molar-refractivity contribution in [3.05, 3.63) is 54.1 Å². The lowest BCUT2D eigenvalue weighted by molar-refractivity contribution is 0.312. The summed E-state index contributed by atoms with van der Waals surface area (Å²) in [5.74, 6) is 2.67. The molecular formula is C23H28N6. The Morgan fingerprint density at radius 3 is 2.62 bits per heavy atom. The number of pyridine rings is 1. The number of para-hydroxylation sites is 1. The first-order valence-electron chi connectivity index (χ1n) is 10.5. The minimum atomic E-state index is 0.547. The fourth-order valence-electron chi connectivity index (χ4n) is 4.03. The average Bonchev–Trinajstić information content (AvgIpc) is 3.59. The number of piperazine rings is 1. The molecule has 150 valence electrons. The molecule has 2 aromatic heterocycles. The zero-order valence-corrected chi connectivity index (χ0v) is 17.3. The van der Waals surface area contributed by atoms with Gasteiger partial charge in [-0.05, 0) is 32.0 Å². The Hall–Kier alpha value is -2.73. The van der Waals surface area contributed by atoms with Crippen LogP contribution in [0.2, 0.25) is 0 Å². The van der Waals surface area contributed by atoms with E-state index in [1.807, 2.05) is 12.3 Å². The lowest BCUT2D eigenvalue weighted by Gasteiger charge is -2.33. The van der Waals surface area contributed by atoms with Crippen molar-refractivity contribution in [2.45, 2.75) is 25.3 Å². The van der Waals surface area contributed by atoms with Gasteiger partial charge in [0.25, 0.3) is 0 Å². The van der Waals surface area contributed by atoms with Gasteiger partial charge in [-0.2, -0.15) is 0 Å². The molecule has 6 nitrogen and oxygen atoms in total. The normalized spacial score (nSPS) is 17.7. The second-order valence-corrected chi connectivity index (χ2v) is 8.35. The van der Waals surface area contributed by atoms with Gasteiger partial charge in [0, 0.05) is 56.8 Å². The number of hydrogen-bond acceptors (Lipinski definition) is 6. The first kappa shape index (κ1) is 18.3. The monoisotopic (exact) mass is 388 g/mol. The topological polar surface area (TPSA) is 48.4 Å². The number of rotatable bonds is 5. The highest BCUT2D eigenvalue weighted by Gasteiger charge is 2.28. The van der Waals surface area contributed by atoms with Gasteiger partial charge in [-0.15, -0.1) is 0 Å². The molecule has 5 rings (SSSR count). The van der Waals surface area contributed by atoms with E-state index >= 15 is 0 Å². The highest BCUT2D eigenvalue weighted by molar-refractivity contribution is 5.90. The predicted octanol–water partition coefficient (Wildman–Crippen LogP) is 3.29. The lowest BCUT2D eigenvalue weighted by Crippen LogP contribution is -2.45. The van der Waals surface area contributed by atoms with Crippen LogP contribution >= 0.6 is 0 Å². The summed E-state index contributed by atoms with van der Waals surface area (Å²) in [5, 5.41) is 1.16. The molecule has 1 saturated carbocycles. The zero-order valence-electron chi connectivity index (χ0n) is 17.3. The Bertz CT molecular complexity index is 1000. The molecular weight excluding hydrogens is 360 g/mol. The van der Waals surface area contributed by atoms with E-state index in [1.54, 1.807) is 0 Å². The third kappa shape index (κ3) is 3.90. The van der Waals surface area contributed by atoms with Crippen LogP contribution in [0, 0.1) is 0 Å². The Morgan fingerprint density at radius 2 is 1.83 bits per heavy atom. The molecule has 2 aliphatic rings. The molecule has 0 unspecified atom stereocenters. The lowest BCUT2D eigenvalue weighted by atomic mass is 10.1. The summed E-state index contributed by atoms with van der Waals surface area (Å²) in [4.78, 5) is 21.5. The Morgan fingerprint density at radius 1 is 1.03 bits per heavy atom. The van der Waals surface area contributed by atoms with Gasteiger partial charge in [0.15, 0.2) is 0 Å². The van der Waals surface area contributed by atoms with E-state index in [0.29, 0.717) is 5.92 Å². The Labute approximate surface area is 172 Å². The van der Waals surface area contributed by atoms with Crippen LogP contribution in [0.15, 0.2) is 42.6 Å². The van der Waals surface area contributed by atoms with E-state index in [0.717, 1.165) is 66.7 Å². The molecule has 3 aromatic rings. The number of aromatic nitrogens is 3. The Balaban J connectivity index is 1.44. The van der Waals surface area contributed by atoms with E-state index in [1.165, 1.54) is 12.8 Å². The van der Waals surface area contributed by atoms with Gasteiger partial charge in [-0.1, -0.05) is 18.2 Å². The van der Waals surface area contributed by atoms with Gasteiger partial charge in [0.1, 0.15) is 11.6 Å². The molecule has 0 bridgehead atoms. The van der Waals surface area contributed by atoms with Crippen LogP contribution in [0.4, 0.5) is 11.5 Å². The summed E-state index contributed by atoms with van der Waals surface area (Å²) < 4.78 is 0. The second kappa shape index (κ2) is 7.59. The highest BCUT2D eigenvalue weighted by atomic mass is 15.3. The number of hydrogen-bond donors (Lipinski definition) is 0. The third-order valence-corrected chi connectivity index (χ3v) is 5.97. The van der Waals surface area contributed by atoms with Gasteiger partial charge in [0.2, 0.25) is 0 Å². The van der Waals surface area contributed by atoms with Gasteiger partial charge in [-0.3, -0.25) is 4.98 Å². The summed E-state index contributed by atoms with van der Waals surface area (Å²) in [7, 11) is 4.31. The minimum absolute atomic E-state index is 0.547. The standard InChI is InChI=1S/C23H28N6/c1-27-11-13-29(14-12-27)21-15-19(25-23(26-21)18-8-9-18)16-28(2)20-7-3-5-17-6-4-10-24-22(17)20/h3-7,10,15,18H,8-9,11-14,16H2,1-2H3. The third-order valence-electron chi connectivity index (χ3n) is 5.97. The molecule has 1 saturated heterocycles. The Kier molecular flexibility index (Phi) is 4.79. The molecule has 1 aliphatic carbocycles. The van der Waals surface area contributed by atoms with Gasteiger partial charge >= 0.3 is 0 Å². The first-order chi connectivity index (χ1) is 14.2. The van der Waals surface area contributed by atoms with E-state index in [9.17, 15) is 0 Å². The van der Waals surface area contributed by atoms with Gasteiger partial charge in [0.05, 0.1) is 23.4 Å². The van der Waals surface area contributed by atoms with E-state index in [2.05, 4.69) is 64.1 Å². The zero-order chi connectivity index (χ0) is 19.8. The molecule has 0 atom stereocenters. The van der Waals surface area contributed by atoms with Crippen molar-refractivity contribution >= 4 is 22.4 Å². The van der Waals surface area contributed by atoms with Crippen molar-refractivity contribution in [1.29, 1.82) is 0 Å². The van der Waals surface area contributed by atoms with Crippen LogP contribution in [0.5, 0.6) is 0 Å². The average molecular weight is 389 g/mol. The first-order valence-corrected chi connectivity index (χ1v) is 10.5. The van der Waals surface area contributed by atoms with Crippen molar-refractivity contribution in [2.24, 2.45) is 0 Å². The van der Waals surface area contributed by atoms with Crippen molar-refractivity contribution < 1.29 is 0 Å². The van der Waals surface area contributed by atoms with E-state index in [4.69, 9.17) is 9.97 Å². The number of likely N-dealkylation sites (N-methyl/N-ethyl adjacent to an activating group) is 1. The fourth-order valence-corrected chi connectivity index (χ4v) is 4.03. The molecule has 0 spiro atoms.